The molecular weight excluding hydrogens is 256 g/mol. The topological polar surface area (TPSA) is 78.4 Å². The third-order valence-electron chi connectivity index (χ3n) is 3.00. The van der Waals surface area contributed by atoms with E-state index in [9.17, 15) is 9.59 Å². The van der Waals surface area contributed by atoms with Crippen molar-refractivity contribution >= 4 is 12.0 Å². The molecule has 0 aromatic heterocycles. The lowest BCUT2D eigenvalue weighted by Gasteiger charge is -2.18. The van der Waals surface area contributed by atoms with E-state index in [1.165, 1.54) is 5.56 Å². The lowest BCUT2D eigenvalue weighted by Crippen LogP contribution is -2.48. The Hall–Kier alpha value is -2.04. The van der Waals surface area contributed by atoms with Crippen LogP contribution < -0.4 is 10.6 Å². The monoisotopic (exact) mass is 278 g/mol. The summed E-state index contributed by atoms with van der Waals surface area (Å²) in [6.45, 7) is 6.00. The van der Waals surface area contributed by atoms with Crippen LogP contribution in [0.25, 0.3) is 0 Å². The highest BCUT2D eigenvalue weighted by Crippen LogP contribution is 2.04. The van der Waals surface area contributed by atoms with Gasteiger partial charge in [-0.3, -0.25) is 0 Å². The van der Waals surface area contributed by atoms with Crippen molar-refractivity contribution in [3.8, 4) is 0 Å². The summed E-state index contributed by atoms with van der Waals surface area (Å²) < 4.78 is 0. The van der Waals surface area contributed by atoms with E-state index in [1.807, 2.05) is 25.1 Å². The second-order valence-electron chi connectivity index (χ2n) is 5.20. The Morgan fingerprint density at radius 3 is 2.55 bits per heavy atom. The molecule has 0 fully saturated rings. The maximum Gasteiger partial charge on any atom is 0.326 e. The summed E-state index contributed by atoms with van der Waals surface area (Å²) in [5.74, 6) is -1.18. The van der Waals surface area contributed by atoms with Gasteiger partial charge in [0.05, 0.1) is 0 Å². The molecular formula is C15H22N2O3. The van der Waals surface area contributed by atoms with Gasteiger partial charge in [-0.25, -0.2) is 9.59 Å². The van der Waals surface area contributed by atoms with Gasteiger partial charge in [0.2, 0.25) is 0 Å². The van der Waals surface area contributed by atoms with Crippen LogP contribution in [-0.4, -0.2) is 29.7 Å². The van der Waals surface area contributed by atoms with Crippen molar-refractivity contribution in [3.63, 3.8) is 0 Å². The summed E-state index contributed by atoms with van der Waals surface area (Å²) in [6.07, 6.45) is 0.717. The number of benzene rings is 1. The number of urea groups is 1. The van der Waals surface area contributed by atoms with Gasteiger partial charge in [0.15, 0.2) is 0 Å². The van der Waals surface area contributed by atoms with E-state index in [2.05, 4.69) is 16.7 Å². The third-order valence-corrected chi connectivity index (χ3v) is 3.00. The first-order chi connectivity index (χ1) is 9.40. The molecule has 2 amide bonds. The van der Waals surface area contributed by atoms with Crippen molar-refractivity contribution in [3.05, 3.63) is 35.4 Å². The first-order valence-electron chi connectivity index (χ1n) is 6.73. The highest BCUT2D eigenvalue weighted by Gasteiger charge is 2.22. The van der Waals surface area contributed by atoms with E-state index < -0.39 is 18.0 Å². The maximum atomic E-state index is 11.6. The van der Waals surface area contributed by atoms with Gasteiger partial charge in [-0.05, 0) is 24.8 Å². The van der Waals surface area contributed by atoms with Gasteiger partial charge >= 0.3 is 12.0 Å². The molecule has 1 aromatic carbocycles. The van der Waals surface area contributed by atoms with Gasteiger partial charge in [-0.2, -0.15) is 0 Å². The number of carboxylic acid groups (broad SMARTS) is 1. The van der Waals surface area contributed by atoms with Gasteiger partial charge in [0.1, 0.15) is 6.04 Å². The van der Waals surface area contributed by atoms with E-state index in [-0.39, 0.29) is 5.92 Å². The van der Waals surface area contributed by atoms with Crippen LogP contribution in [0.3, 0.4) is 0 Å². The molecule has 5 nitrogen and oxygen atoms in total. The second-order valence-corrected chi connectivity index (χ2v) is 5.20. The van der Waals surface area contributed by atoms with Gasteiger partial charge in [0.25, 0.3) is 0 Å². The molecule has 0 saturated carbocycles. The molecule has 0 aliphatic rings. The number of rotatable bonds is 6. The smallest absolute Gasteiger partial charge is 0.326 e. The lowest BCUT2D eigenvalue weighted by molar-refractivity contribution is -0.140. The fraction of sp³-hybridized carbons (Fsp3) is 0.467. The number of hydrogen-bond acceptors (Lipinski definition) is 2. The highest BCUT2D eigenvalue weighted by molar-refractivity contribution is 5.82. The number of hydrogen-bond donors (Lipinski definition) is 3. The SMILES string of the molecule is Cc1cccc(CCNC(=O)N[C@@H](C(=O)O)C(C)C)c1. The first-order valence-corrected chi connectivity index (χ1v) is 6.73. The fourth-order valence-corrected chi connectivity index (χ4v) is 1.89. The van der Waals surface area contributed by atoms with Crippen LogP contribution in [0.1, 0.15) is 25.0 Å². The molecule has 0 aliphatic carbocycles. The Morgan fingerprint density at radius 2 is 2.00 bits per heavy atom. The zero-order valence-corrected chi connectivity index (χ0v) is 12.1. The van der Waals surface area contributed by atoms with Crippen molar-refractivity contribution in [2.24, 2.45) is 5.92 Å². The van der Waals surface area contributed by atoms with Crippen LogP contribution >= 0.6 is 0 Å². The largest absolute Gasteiger partial charge is 0.480 e. The van der Waals surface area contributed by atoms with Crippen LogP contribution in [0, 0.1) is 12.8 Å². The Morgan fingerprint density at radius 1 is 1.30 bits per heavy atom. The quantitative estimate of drug-likeness (QED) is 0.744. The number of carbonyl (C=O) groups excluding carboxylic acids is 1. The number of aliphatic carboxylic acids is 1. The predicted octanol–water partition coefficient (Wildman–Crippen LogP) is 1.95. The van der Waals surface area contributed by atoms with Gasteiger partial charge < -0.3 is 15.7 Å². The molecule has 3 N–H and O–H groups in total. The number of carboxylic acids is 1. The molecule has 0 aliphatic heterocycles. The van der Waals surface area contributed by atoms with E-state index in [1.54, 1.807) is 13.8 Å². The Labute approximate surface area is 119 Å². The molecule has 20 heavy (non-hydrogen) atoms. The standard InChI is InChI=1S/C15H22N2O3/c1-10(2)13(14(18)19)17-15(20)16-8-7-12-6-4-5-11(3)9-12/h4-6,9-10,13H,7-8H2,1-3H3,(H,18,19)(H2,16,17,20)/t13-/m1/s1. The third kappa shape index (κ3) is 5.30. The molecule has 1 aromatic rings. The number of nitrogens with one attached hydrogen (secondary N) is 2. The van der Waals surface area contributed by atoms with Crippen molar-refractivity contribution in [1.82, 2.24) is 10.6 Å². The minimum atomic E-state index is -1.02. The summed E-state index contributed by atoms with van der Waals surface area (Å²) in [4.78, 5) is 22.6. The average molecular weight is 278 g/mol. The van der Waals surface area contributed by atoms with Crippen molar-refractivity contribution < 1.29 is 14.7 Å². The van der Waals surface area contributed by atoms with Crippen LogP contribution in [-0.2, 0) is 11.2 Å². The van der Waals surface area contributed by atoms with E-state index in [4.69, 9.17) is 5.11 Å². The molecule has 0 saturated heterocycles. The zero-order chi connectivity index (χ0) is 15.1. The Kier molecular flexibility index (Phi) is 6.03. The predicted molar refractivity (Wildman–Crippen MR) is 77.7 cm³/mol. The number of amides is 2. The number of carbonyl (C=O) groups is 2. The molecule has 5 heteroatoms. The van der Waals surface area contributed by atoms with Gasteiger partial charge in [-0.15, -0.1) is 0 Å². The summed E-state index contributed by atoms with van der Waals surface area (Å²) in [6, 6.07) is 6.75. The van der Waals surface area contributed by atoms with E-state index in [0.29, 0.717) is 13.0 Å². The van der Waals surface area contributed by atoms with E-state index in [0.717, 1.165) is 5.56 Å². The lowest BCUT2D eigenvalue weighted by atomic mass is 10.1. The van der Waals surface area contributed by atoms with Crippen molar-refractivity contribution in [2.45, 2.75) is 33.2 Å². The van der Waals surface area contributed by atoms with Gasteiger partial charge in [0, 0.05) is 6.54 Å². The minimum Gasteiger partial charge on any atom is -0.480 e. The summed E-state index contributed by atoms with van der Waals surface area (Å²) in [5, 5.41) is 14.1. The Bertz CT molecular complexity index is 472. The second kappa shape index (κ2) is 7.53. The molecule has 1 rings (SSSR count). The molecule has 0 radical (unpaired) electrons. The molecule has 0 bridgehead atoms. The maximum absolute atomic E-state index is 11.6. The minimum absolute atomic E-state index is 0.157. The van der Waals surface area contributed by atoms with Crippen molar-refractivity contribution in [1.29, 1.82) is 0 Å². The molecule has 0 spiro atoms. The van der Waals surface area contributed by atoms with E-state index >= 15 is 0 Å². The average Bonchev–Trinajstić information content (AvgIpc) is 2.35. The molecule has 0 heterocycles. The van der Waals surface area contributed by atoms with Crippen LogP contribution in [0.5, 0.6) is 0 Å². The molecule has 110 valence electrons. The fourth-order valence-electron chi connectivity index (χ4n) is 1.89. The summed E-state index contributed by atoms with van der Waals surface area (Å²) >= 11 is 0. The Balaban J connectivity index is 2.38. The van der Waals surface area contributed by atoms with Crippen LogP contribution in [0.4, 0.5) is 4.79 Å². The van der Waals surface area contributed by atoms with Crippen LogP contribution in [0.15, 0.2) is 24.3 Å². The normalized spacial score (nSPS) is 12.0. The number of aryl methyl sites for hydroxylation is 1. The van der Waals surface area contributed by atoms with Crippen molar-refractivity contribution in [2.75, 3.05) is 6.54 Å². The highest BCUT2D eigenvalue weighted by atomic mass is 16.4. The zero-order valence-electron chi connectivity index (χ0n) is 12.1. The first kappa shape index (κ1) is 16.0. The van der Waals surface area contributed by atoms with Gasteiger partial charge in [-0.1, -0.05) is 43.7 Å². The van der Waals surface area contributed by atoms with Crippen LogP contribution in [0.2, 0.25) is 0 Å². The molecule has 0 unspecified atom stereocenters. The molecule has 1 atom stereocenters. The summed E-state index contributed by atoms with van der Waals surface area (Å²) in [7, 11) is 0. The summed E-state index contributed by atoms with van der Waals surface area (Å²) in [5.41, 5.74) is 2.32.